The lowest BCUT2D eigenvalue weighted by molar-refractivity contribution is 0.0697. The predicted octanol–water partition coefficient (Wildman–Crippen LogP) is 2.21. The molecule has 4 heteroatoms. The molecule has 0 aliphatic heterocycles. The van der Waals surface area contributed by atoms with Crippen LogP contribution in [0.25, 0.3) is 0 Å². The molecule has 0 aliphatic rings. The third-order valence-corrected chi connectivity index (χ3v) is 2.62. The molecule has 0 heterocycles. The second-order valence-electron chi connectivity index (χ2n) is 4.24. The van der Waals surface area contributed by atoms with Crippen molar-refractivity contribution < 1.29 is 15.0 Å². The van der Waals surface area contributed by atoms with Gasteiger partial charge in [0.1, 0.15) is 0 Å². The maximum Gasteiger partial charge on any atom is 0.335 e. The number of carbonyl (C=O) groups is 1. The Hall–Kier alpha value is -1.55. The molecule has 1 atom stereocenters. The summed E-state index contributed by atoms with van der Waals surface area (Å²) in [5, 5.41) is 20.9. The van der Waals surface area contributed by atoms with E-state index in [4.69, 9.17) is 10.2 Å². The van der Waals surface area contributed by atoms with Crippen molar-refractivity contribution in [2.45, 2.75) is 19.8 Å². The Balaban J connectivity index is 2.36. The molecule has 1 unspecified atom stereocenters. The van der Waals surface area contributed by atoms with Crippen molar-refractivity contribution >= 4 is 11.7 Å². The fraction of sp³-hybridized carbons (Fsp3) is 0.462. The minimum Gasteiger partial charge on any atom is -0.478 e. The summed E-state index contributed by atoms with van der Waals surface area (Å²) in [6.07, 6.45) is 1.92. The van der Waals surface area contributed by atoms with Crippen LogP contribution in [0, 0.1) is 5.92 Å². The van der Waals surface area contributed by atoms with Crippen molar-refractivity contribution in [3.05, 3.63) is 29.8 Å². The minimum absolute atomic E-state index is 0.217. The highest BCUT2D eigenvalue weighted by molar-refractivity contribution is 5.88. The molecule has 0 aromatic heterocycles. The highest BCUT2D eigenvalue weighted by atomic mass is 16.4. The molecular weight excluding hydrogens is 218 g/mol. The van der Waals surface area contributed by atoms with E-state index in [0.29, 0.717) is 11.5 Å². The first-order valence-electron chi connectivity index (χ1n) is 5.81. The van der Waals surface area contributed by atoms with E-state index in [1.54, 1.807) is 18.2 Å². The Bertz CT molecular complexity index is 365. The van der Waals surface area contributed by atoms with E-state index in [1.807, 2.05) is 13.0 Å². The van der Waals surface area contributed by atoms with Crippen LogP contribution in [0.15, 0.2) is 24.3 Å². The van der Waals surface area contributed by atoms with Crippen LogP contribution in [0.5, 0.6) is 0 Å². The van der Waals surface area contributed by atoms with E-state index < -0.39 is 5.97 Å². The second kappa shape index (κ2) is 6.91. The normalized spacial score (nSPS) is 12.1. The third-order valence-electron chi connectivity index (χ3n) is 2.62. The summed E-state index contributed by atoms with van der Waals surface area (Å²) in [6.45, 7) is 3.01. The number of anilines is 1. The highest BCUT2D eigenvalue weighted by Gasteiger charge is 2.03. The van der Waals surface area contributed by atoms with Gasteiger partial charge in [0, 0.05) is 18.8 Å². The Morgan fingerprint density at radius 1 is 1.47 bits per heavy atom. The molecule has 1 aromatic rings. The lowest BCUT2D eigenvalue weighted by Crippen LogP contribution is -2.07. The average Bonchev–Trinajstić information content (AvgIpc) is 2.34. The van der Waals surface area contributed by atoms with Gasteiger partial charge in [-0.25, -0.2) is 4.79 Å². The summed E-state index contributed by atoms with van der Waals surface area (Å²) in [4.78, 5) is 10.8. The lowest BCUT2D eigenvalue weighted by atomic mass is 10.1. The van der Waals surface area contributed by atoms with Crippen molar-refractivity contribution in [3.63, 3.8) is 0 Å². The standard InChI is InChI=1S/C13H19NO3/c1-10(9-15)4-3-7-14-12-6-2-5-11(8-12)13(16)17/h2,5-6,8,10,14-15H,3-4,7,9H2,1H3,(H,16,17). The van der Waals surface area contributed by atoms with Gasteiger partial charge >= 0.3 is 5.97 Å². The molecule has 0 amide bonds. The monoisotopic (exact) mass is 237 g/mol. The third kappa shape index (κ3) is 4.87. The molecule has 94 valence electrons. The average molecular weight is 237 g/mol. The fourth-order valence-electron chi connectivity index (χ4n) is 1.54. The van der Waals surface area contributed by atoms with Gasteiger partial charge in [-0.1, -0.05) is 13.0 Å². The number of rotatable bonds is 7. The number of aliphatic hydroxyl groups excluding tert-OH is 1. The first-order valence-corrected chi connectivity index (χ1v) is 5.81. The van der Waals surface area contributed by atoms with Gasteiger partial charge in [0.25, 0.3) is 0 Å². The summed E-state index contributed by atoms with van der Waals surface area (Å²) in [6, 6.07) is 6.77. The zero-order valence-electron chi connectivity index (χ0n) is 10.0. The summed E-state index contributed by atoms with van der Waals surface area (Å²) in [5.41, 5.74) is 1.11. The molecule has 0 saturated heterocycles. The smallest absolute Gasteiger partial charge is 0.335 e. The number of aliphatic hydroxyl groups is 1. The van der Waals surface area contributed by atoms with E-state index in [2.05, 4.69) is 5.32 Å². The first kappa shape index (κ1) is 13.5. The van der Waals surface area contributed by atoms with E-state index in [9.17, 15) is 4.79 Å². The van der Waals surface area contributed by atoms with E-state index >= 15 is 0 Å². The number of carboxylic acids is 1. The zero-order chi connectivity index (χ0) is 12.7. The van der Waals surface area contributed by atoms with Crippen LogP contribution in [0.4, 0.5) is 5.69 Å². The van der Waals surface area contributed by atoms with Crippen molar-refractivity contribution in [1.82, 2.24) is 0 Å². The Labute approximate surface area is 101 Å². The molecule has 4 nitrogen and oxygen atoms in total. The lowest BCUT2D eigenvalue weighted by Gasteiger charge is -2.09. The van der Waals surface area contributed by atoms with E-state index in [0.717, 1.165) is 25.1 Å². The summed E-state index contributed by atoms with van der Waals surface area (Å²) < 4.78 is 0. The second-order valence-corrected chi connectivity index (χ2v) is 4.24. The van der Waals surface area contributed by atoms with E-state index in [1.165, 1.54) is 0 Å². The van der Waals surface area contributed by atoms with Gasteiger partial charge < -0.3 is 15.5 Å². The summed E-state index contributed by atoms with van der Waals surface area (Å²) in [5.74, 6) is -0.593. The van der Waals surface area contributed by atoms with Crippen LogP contribution < -0.4 is 5.32 Å². The fourth-order valence-corrected chi connectivity index (χ4v) is 1.54. The van der Waals surface area contributed by atoms with Gasteiger partial charge in [-0.2, -0.15) is 0 Å². The van der Waals surface area contributed by atoms with E-state index in [-0.39, 0.29) is 6.61 Å². The van der Waals surface area contributed by atoms with Crippen LogP contribution in [0.3, 0.4) is 0 Å². The Morgan fingerprint density at radius 3 is 2.88 bits per heavy atom. The number of hydrogen-bond donors (Lipinski definition) is 3. The number of nitrogens with one attached hydrogen (secondary N) is 1. The molecule has 0 radical (unpaired) electrons. The molecule has 0 aliphatic carbocycles. The summed E-state index contributed by atoms with van der Waals surface area (Å²) in [7, 11) is 0. The van der Waals surface area contributed by atoms with Crippen LogP contribution in [0.2, 0.25) is 0 Å². The van der Waals surface area contributed by atoms with Crippen LogP contribution in [0.1, 0.15) is 30.1 Å². The first-order chi connectivity index (χ1) is 8.13. The van der Waals surface area contributed by atoms with Gasteiger partial charge in [0.2, 0.25) is 0 Å². The van der Waals surface area contributed by atoms with Crippen LogP contribution >= 0.6 is 0 Å². The number of carboxylic acid groups (broad SMARTS) is 1. The molecule has 0 bridgehead atoms. The summed E-state index contributed by atoms with van der Waals surface area (Å²) >= 11 is 0. The van der Waals surface area contributed by atoms with Gasteiger partial charge in [0.05, 0.1) is 5.56 Å². The molecular formula is C13H19NO3. The molecule has 3 N–H and O–H groups in total. The predicted molar refractivity (Wildman–Crippen MR) is 67.4 cm³/mol. The minimum atomic E-state index is -0.914. The number of hydrogen-bond acceptors (Lipinski definition) is 3. The molecule has 1 aromatic carbocycles. The highest BCUT2D eigenvalue weighted by Crippen LogP contribution is 2.11. The SMILES string of the molecule is CC(CO)CCCNc1cccc(C(=O)O)c1. The maximum absolute atomic E-state index is 10.8. The number of aromatic carboxylic acids is 1. The Kier molecular flexibility index (Phi) is 5.49. The number of benzene rings is 1. The topological polar surface area (TPSA) is 69.6 Å². The molecule has 1 rings (SSSR count). The maximum atomic E-state index is 10.8. The molecule has 17 heavy (non-hydrogen) atoms. The Morgan fingerprint density at radius 2 is 2.24 bits per heavy atom. The van der Waals surface area contributed by atoms with Gasteiger partial charge in [-0.3, -0.25) is 0 Å². The van der Waals surface area contributed by atoms with Gasteiger partial charge in [-0.05, 0) is 37.0 Å². The molecule has 0 saturated carbocycles. The van der Waals surface area contributed by atoms with Crippen LogP contribution in [-0.4, -0.2) is 29.3 Å². The van der Waals surface area contributed by atoms with Gasteiger partial charge in [0.15, 0.2) is 0 Å². The van der Waals surface area contributed by atoms with Crippen molar-refractivity contribution in [2.24, 2.45) is 5.92 Å². The van der Waals surface area contributed by atoms with Crippen molar-refractivity contribution in [2.75, 3.05) is 18.5 Å². The van der Waals surface area contributed by atoms with Crippen LogP contribution in [-0.2, 0) is 0 Å². The van der Waals surface area contributed by atoms with Crippen molar-refractivity contribution in [3.8, 4) is 0 Å². The van der Waals surface area contributed by atoms with Crippen molar-refractivity contribution in [1.29, 1.82) is 0 Å². The molecule has 0 spiro atoms. The zero-order valence-corrected chi connectivity index (χ0v) is 10.0. The van der Waals surface area contributed by atoms with Gasteiger partial charge in [-0.15, -0.1) is 0 Å². The molecule has 0 fully saturated rings. The quantitative estimate of drug-likeness (QED) is 0.636. The largest absolute Gasteiger partial charge is 0.478 e.